The van der Waals surface area contributed by atoms with Crippen molar-refractivity contribution in [1.29, 1.82) is 0 Å². The van der Waals surface area contributed by atoms with E-state index in [1.54, 1.807) is 69.5 Å². The van der Waals surface area contributed by atoms with Gasteiger partial charge >= 0.3 is 0 Å². The molecule has 2 amide bonds. The highest BCUT2D eigenvalue weighted by Gasteiger charge is 2.33. The summed E-state index contributed by atoms with van der Waals surface area (Å²) in [6.07, 6.45) is 0. The van der Waals surface area contributed by atoms with Gasteiger partial charge in [-0.2, -0.15) is 0 Å². The Morgan fingerprint density at radius 1 is 0.974 bits per heavy atom. The van der Waals surface area contributed by atoms with Gasteiger partial charge in [-0.3, -0.25) is 13.9 Å². The number of sulfonamides is 1. The number of rotatable bonds is 11. The summed E-state index contributed by atoms with van der Waals surface area (Å²) in [7, 11) is -2.69. The number of carbonyl (C=O) groups excluding carboxylic acids is 2. The van der Waals surface area contributed by atoms with Gasteiger partial charge in [0.15, 0.2) is 0 Å². The average molecular weight is 579 g/mol. The summed E-state index contributed by atoms with van der Waals surface area (Å²) in [6.45, 7) is 3.19. The Labute approximate surface area is 233 Å². The summed E-state index contributed by atoms with van der Waals surface area (Å²) in [4.78, 5) is 27.9. The maximum Gasteiger partial charge on any atom is 0.264 e. The second kappa shape index (κ2) is 13.0. The largest absolute Gasteiger partial charge is 0.497 e. The Morgan fingerprint density at radius 3 is 2.24 bits per heavy atom. The Hall–Kier alpha value is -3.27. The quantitative estimate of drug-likeness (QED) is 0.354. The third kappa shape index (κ3) is 6.78. The standard InChI is InChI=1S/C27H29Cl2N3O5S/c1-4-30-27(34)19(2)31(17-20-13-15-21(37-3)16-14-20)25(33)18-32(24-12-8-11-23(28)26(24)29)38(35,36)22-9-6-5-7-10-22/h5-16,19H,4,17-18H2,1-3H3,(H,30,34)/t19-/m0/s1. The molecule has 1 N–H and O–H groups in total. The molecule has 3 aromatic rings. The van der Waals surface area contributed by atoms with E-state index in [2.05, 4.69) is 5.32 Å². The topological polar surface area (TPSA) is 96.0 Å². The molecule has 0 heterocycles. The van der Waals surface area contributed by atoms with Crippen LogP contribution >= 0.6 is 23.2 Å². The summed E-state index contributed by atoms with van der Waals surface area (Å²) in [5, 5.41) is 2.84. The maximum atomic E-state index is 13.8. The van der Waals surface area contributed by atoms with E-state index in [1.165, 1.54) is 29.2 Å². The molecular weight excluding hydrogens is 549 g/mol. The van der Waals surface area contributed by atoms with Crippen LogP contribution in [0.15, 0.2) is 77.7 Å². The predicted octanol–water partition coefficient (Wildman–Crippen LogP) is 4.75. The van der Waals surface area contributed by atoms with Gasteiger partial charge in [0.2, 0.25) is 11.8 Å². The fourth-order valence-electron chi connectivity index (χ4n) is 3.75. The van der Waals surface area contributed by atoms with Gasteiger partial charge in [-0.05, 0) is 55.8 Å². The molecule has 0 fully saturated rings. The molecule has 0 saturated heterocycles. The zero-order valence-corrected chi connectivity index (χ0v) is 23.6. The molecule has 3 aromatic carbocycles. The van der Waals surface area contributed by atoms with E-state index in [1.807, 2.05) is 0 Å². The lowest BCUT2D eigenvalue weighted by molar-refractivity contribution is -0.139. The first-order chi connectivity index (χ1) is 18.1. The molecule has 0 spiro atoms. The Balaban J connectivity index is 2.05. The van der Waals surface area contributed by atoms with Crippen LogP contribution in [0.1, 0.15) is 19.4 Å². The molecule has 1 atom stereocenters. The smallest absolute Gasteiger partial charge is 0.264 e. The lowest BCUT2D eigenvalue weighted by atomic mass is 10.1. The van der Waals surface area contributed by atoms with Crippen LogP contribution in [0.4, 0.5) is 5.69 Å². The lowest BCUT2D eigenvalue weighted by Crippen LogP contribution is -2.51. The summed E-state index contributed by atoms with van der Waals surface area (Å²) in [5.41, 5.74) is 0.778. The molecule has 0 aliphatic carbocycles. The number of carbonyl (C=O) groups is 2. The molecule has 0 aromatic heterocycles. The number of halogens is 2. The number of hydrogen-bond donors (Lipinski definition) is 1. The third-order valence-corrected chi connectivity index (χ3v) is 8.42. The molecule has 0 saturated carbocycles. The van der Waals surface area contributed by atoms with Gasteiger partial charge in [-0.15, -0.1) is 0 Å². The van der Waals surface area contributed by atoms with E-state index in [-0.39, 0.29) is 33.1 Å². The number of likely N-dealkylation sites (N-methyl/N-ethyl adjacent to an activating group) is 1. The Kier molecular flexibility index (Phi) is 10.0. The van der Waals surface area contributed by atoms with E-state index in [0.29, 0.717) is 12.3 Å². The summed E-state index contributed by atoms with van der Waals surface area (Å²) >= 11 is 12.6. The Morgan fingerprint density at radius 2 is 1.63 bits per heavy atom. The second-order valence-corrected chi connectivity index (χ2v) is 11.0. The van der Waals surface area contributed by atoms with Gasteiger partial charge in [0, 0.05) is 13.1 Å². The SMILES string of the molecule is CCNC(=O)[C@H](C)N(Cc1ccc(OC)cc1)C(=O)CN(c1cccc(Cl)c1Cl)S(=O)(=O)c1ccccc1. The molecule has 0 aliphatic heterocycles. The van der Waals surface area contributed by atoms with Crippen molar-refractivity contribution in [1.82, 2.24) is 10.2 Å². The van der Waals surface area contributed by atoms with E-state index in [0.717, 1.165) is 9.87 Å². The first kappa shape index (κ1) is 29.3. The van der Waals surface area contributed by atoms with Gasteiger partial charge in [-0.25, -0.2) is 8.42 Å². The molecule has 11 heteroatoms. The maximum absolute atomic E-state index is 13.8. The van der Waals surface area contributed by atoms with Crippen LogP contribution in [0.25, 0.3) is 0 Å². The monoisotopic (exact) mass is 577 g/mol. The van der Waals surface area contributed by atoms with Crippen LogP contribution in [0, 0.1) is 0 Å². The number of benzene rings is 3. The molecular formula is C27H29Cl2N3O5S. The van der Waals surface area contributed by atoms with Crippen molar-refractivity contribution in [3.8, 4) is 5.75 Å². The van der Waals surface area contributed by atoms with Gasteiger partial charge < -0.3 is 15.0 Å². The van der Waals surface area contributed by atoms with Crippen LogP contribution in [-0.2, 0) is 26.2 Å². The fourth-order valence-corrected chi connectivity index (χ4v) is 5.64. The summed E-state index contributed by atoms with van der Waals surface area (Å²) < 4.78 is 33.6. The van der Waals surface area contributed by atoms with Crippen LogP contribution < -0.4 is 14.4 Å². The highest BCUT2D eigenvalue weighted by Crippen LogP contribution is 2.35. The first-order valence-corrected chi connectivity index (χ1v) is 14.0. The fraction of sp³-hybridized carbons (Fsp3) is 0.259. The number of ether oxygens (including phenoxy) is 1. The average Bonchev–Trinajstić information content (AvgIpc) is 2.92. The second-order valence-electron chi connectivity index (χ2n) is 8.34. The van der Waals surface area contributed by atoms with Crippen molar-refractivity contribution in [2.45, 2.75) is 31.3 Å². The normalized spacial score (nSPS) is 11.9. The number of nitrogens with zero attached hydrogens (tertiary/aromatic N) is 2. The third-order valence-electron chi connectivity index (χ3n) is 5.84. The van der Waals surface area contributed by atoms with Crippen molar-refractivity contribution in [3.63, 3.8) is 0 Å². The minimum absolute atomic E-state index is 0.0139. The molecule has 0 aliphatic rings. The van der Waals surface area contributed by atoms with Crippen LogP contribution in [0.3, 0.4) is 0 Å². The number of nitrogens with one attached hydrogen (secondary N) is 1. The van der Waals surface area contributed by atoms with Gasteiger partial charge in [0.1, 0.15) is 18.3 Å². The van der Waals surface area contributed by atoms with E-state index >= 15 is 0 Å². The van der Waals surface area contributed by atoms with Crippen LogP contribution in [0.2, 0.25) is 10.0 Å². The highest BCUT2D eigenvalue weighted by molar-refractivity contribution is 7.92. The zero-order valence-electron chi connectivity index (χ0n) is 21.2. The number of amides is 2. The van der Waals surface area contributed by atoms with Crippen LogP contribution in [0.5, 0.6) is 5.75 Å². The lowest BCUT2D eigenvalue weighted by Gasteiger charge is -2.32. The number of methoxy groups -OCH3 is 1. The minimum atomic E-state index is -4.23. The van der Waals surface area contributed by atoms with E-state index in [4.69, 9.17) is 27.9 Å². The molecule has 0 bridgehead atoms. The number of anilines is 1. The molecule has 0 unspecified atom stereocenters. The molecule has 0 radical (unpaired) electrons. The van der Waals surface area contributed by atoms with E-state index < -0.39 is 28.5 Å². The summed E-state index contributed by atoms with van der Waals surface area (Å²) in [6, 6.07) is 18.4. The highest BCUT2D eigenvalue weighted by atomic mass is 35.5. The molecule has 202 valence electrons. The minimum Gasteiger partial charge on any atom is -0.497 e. The molecule has 3 rings (SSSR count). The van der Waals surface area contributed by atoms with Gasteiger partial charge in [-0.1, -0.05) is 59.6 Å². The van der Waals surface area contributed by atoms with Crippen molar-refractivity contribution in [2.75, 3.05) is 24.5 Å². The zero-order chi connectivity index (χ0) is 27.9. The van der Waals surface area contributed by atoms with Crippen molar-refractivity contribution in [2.24, 2.45) is 0 Å². The first-order valence-electron chi connectivity index (χ1n) is 11.8. The number of hydrogen-bond acceptors (Lipinski definition) is 5. The van der Waals surface area contributed by atoms with Gasteiger partial charge in [0.05, 0.1) is 27.7 Å². The Bertz CT molecular complexity index is 1370. The van der Waals surface area contributed by atoms with Crippen molar-refractivity contribution in [3.05, 3.63) is 88.4 Å². The molecule has 38 heavy (non-hydrogen) atoms. The van der Waals surface area contributed by atoms with Crippen molar-refractivity contribution < 1.29 is 22.7 Å². The van der Waals surface area contributed by atoms with Crippen LogP contribution in [-0.4, -0.2) is 51.4 Å². The van der Waals surface area contributed by atoms with Gasteiger partial charge in [0.25, 0.3) is 10.0 Å². The van der Waals surface area contributed by atoms with Crippen molar-refractivity contribution >= 4 is 50.7 Å². The van der Waals surface area contributed by atoms with E-state index in [9.17, 15) is 18.0 Å². The summed E-state index contributed by atoms with van der Waals surface area (Å²) in [5.74, 6) is -0.332. The predicted molar refractivity (Wildman–Crippen MR) is 149 cm³/mol. The molecule has 8 nitrogen and oxygen atoms in total.